The van der Waals surface area contributed by atoms with Crippen LogP contribution in [0.1, 0.15) is 32.9 Å². The first-order chi connectivity index (χ1) is 8.17. The largest absolute Gasteiger partial charge is 0.314 e. The number of hydrogen-bond acceptors (Lipinski definition) is 4. The number of hydrogen-bond donors (Lipinski definition) is 1. The zero-order valence-corrected chi connectivity index (χ0v) is 11.5. The van der Waals surface area contributed by atoms with Crippen LogP contribution >= 0.6 is 0 Å². The molecule has 0 fully saturated rings. The molecule has 1 aromatic heterocycles. The first-order valence-corrected chi connectivity index (χ1v) is 6.45. The first-order valence-electron chi connectivity index (χ1n) is 6.45. The third-order valence-electron chi connectivity index (χ3n) is 2.80. The van der Waals surface area contributed by atoms with E-state index in [1.54, 1.807) is 0 Å². The van der Waals surface area contributed by atoms with Crippen LogP contribution in [0, 0.1) is 0 Å². The van der Waals surface area contributed by atoms with Crippen LogP contribution in [0.4, 0.5) is 0 Å². The second-order valence-corrected chi connectivity index (χ2v) is 4.63. The van der Waals surface area contributed by atoms with E-state index in [1.807, 2.05) is 17.9 Å². The number of nitrogens with one attached hydrogen (secondary N) is 1. The average molecular weight is 239 g/mol. The van der Waals surface area contributed by atoms with E-state index < -0.39 is 0 Å². The number of aromatic nitrogens is 3. The van der Waals surface area contributed by atoms with Gasteiger partial charge in [-0.1, -0.05) is 12.1 Å². The molecule has 17 heavy (non-hydrogen) atoms. The van der Waals surface area contributed by atoms with Crippen molar-refractivity contribution in [1.82, 2.24) is 25.2 Å². The zero-order chi connectivity index (χ0) is 12.7. The first kappa shape index (κ1) is 14.1. The molecule has 1 heterocycles. The summed E-state index contributed by atoms with van der Waals surface area (Å²) in [4.78, 5) is 2.47. The molecule has 0 aliphatic carbocycles. The van der Waals surface area contributed by atoms with Gasteiger partial charge in [0, 0.05) is 25.3 Å². The maximum atomic E-state index is 4.13. The molecule has 0 aliphatic heterocycles. The number of nitrogens with zero attached hydrogens (tertiary/aromatic N) is 4. The molecule has 0 unspecified atom stereocenters. The van der Waals surface area contributed by atoms with Gasteiger partial charge in [0.15, 0.2) is 0 Å². The minimum Gasteiger partial charge on any atom is -0.314 e. The van der Waals surface area contributed by atoms with Crippen LogP contribution in [0.2, 0.25) is 0 Å². The summed E-state index contributed by atoms with van der Waals surface area (Å²) in [7, 11) is 1.92. The Kier molecular flexibility index (Phi) is 6.15. The van der Waals surface area contributed by atoms with E-state index in [0.717, 1.165) is 31.9 Å². The topological polar surface area (TPSA) is 46.0 Å². The normalized spacial score (nSPS) is 11.6. The van der Waals surface area contributed by atoms with E-state index in [9.17, 15) is 0 Å². The third-order valence-corrected chi connectivity index (χ3v) is 2.80. The van der Waals surface area contributed by atoms with Crippen LogP contribution in [0.15, 0.2) is 6.20 Å². The Labute approximate surface area is 104 Å². The molecular weight excluding hydrogens is 214 g/mol. The maximum absolute atomic E-state index is 4.13. The Balaban J connectivity index is 2.41. The molecule has 1 rings (SSSR count). The van der Waals surface area contributed by atoms with E-state index in [1.165, 1.54) is 6.42 Å². The van der Waals surface area contributed by atoms with E-state index in [4.69, 9.17) is 0 Å². The fourth-order valence-electron chi connectivity index (χ4n) is 1.86. The van der Waals surface area contributed by atoms with Gasteiger partial charge in [-0.2, -0.15) is 0 Å². The Bertz CT molecular complexity index is 308. The number of rotatable bonds is 8. The van der Waals surface area contributed by atoms with Crippen molar-refractivity contribution in [2.75, 3.05) is 20.1 Å². The van der Waals surface area contributed by atoms with Gasteiger partial charge in [0.25, 0.3) is 0 Å². The van der Waals surface area contributed by atoms with Crippen LogP contribution in [0.5, 0.6) is 0 Å². The van der Waals surface area contributed by atoms with E-state index >= 15 is 0 Å². The fourth-order valence-corrected chi connectivity index (χ4v) is 1.86. The maximum Gasteiger partial charge on any atom is 0.0964 e. The minimum absolute atomic E-state index is 0.593. The van der Waals surface area contributed by atoms with Crippen molar-refractivity contribution in [1.29, 1.82) is 0 Å². The molecule has 5 heteroatoms. The highest BCUT2D eigenvalue weighted by Crippen LogP contribution is 2.01. The predicted octanol–water partition coefficient (Wildman–Crippen LogP) is 1.12. The SMILES string of the molecule is CCCN(CCn1cc(CNC)nn1)C(C)C. The lowest BCUT2D eigenvalue weighted by Crippen LogP contribution is -2.34. The molecule has 98 valence electrons. The van der Waals surface area contributed by atoms with E-state index in [2.05, 4.69) is 41.3 Å². The van der Waals surface area contributed by atoms with Gasteiger partial charge in [-0.3, -0.25) is 9.58 Å². The summed E-state index contributed by atoms with van der Waals surface area (Å²) >= 11 is 0. The van der Waals surface area contributed by atoms with Gasteiger partial charge in [0.2, 0.25) is 0 Å². The molecule has 0 amide bonds. The molecule has 1 N–H and O–H groups in total. The molecule has 0 bridgehead atoms. The summed E-state index contributed by atoms with van der Waals surface area (Å²) in [5, 5.41) is 11.3. The van der Waals surface area contributed by atoms with Crippen LogP contribution in [0.25, 0.3) is 0 Å². The summed E-state index contributed by atoms with van der Waals surface area (Å²) in [6, 6.07) is 0.593. The molecule has 0 spiro atoms. The molecule has 0 atom stereocenters. The van der Waals surface area contributed by atoms with Crippen LogP contribution < -0.4 is 5.32 Å². The quantitative estimate of drug-likeness (QED) is 0.738. The van der Waals surface area contributed by atoms with Crippen molar-refractivity contribution in [3.63, 3.8) is 0 Å². The summed E-state index contributed by atoms with van der Waals surface area (Å²) < 4.78 is 1.93. The van der Waals surface area contributed by atoms with Crippen LogP contribution in [-0.4, -0.2) is 46.1 Å². The van der Waals surface area contributed by atoms with Crippen molar-refractivity contribution in [3.05, 3.63) is 11.9 Å². The van der Waals surface area contributed by atoms with Crippen molar-refractivity contribution in [2.24, 2.45) is 0 Å². The van der Waals surface area contributed by atoms with Gasteiger partial charge in [-0.05, 0) is 33.9 Å². The highest BCUT2D eigenvalue weighted by Gasteiger charge is 2.08. The third kappa shape index (κ3) is 4.83. The lowest BCUT2D eigenvalue weighted by Gasteiger charge is -2.25. The molecule has 0 saturated carbocycles. The van der Waals surface area contributed by atoms with Gasteiger partial charge in [-0.15, -0.1) is 5.10 Å². The van der Waals surface area contributed by atoms with Crippen molar-refractivity contribution in [2.45, 2.75) is 46.3 Å². The predicted molar refractivity (Wildman–Crippen MR) is 69.8 cm³/mol. The second-order valence-electron chi connectivity index (χ2n) is 4.63. The fraction of sp³-hybridized carbons (Fsp3) is 0.833. The Morgan fingerprint density at radius 2 is 2.18 bits per heavy atom. The lowest BCUT2D eigenvalue weighted by atomic mass is 10.3. The van der Waals surface area contributed by atoms with Crippen molar-refractivity contribution in [3.8, 4) is 0 Å². The summed E-state index contributed by atoms with van der Waals surface area (Å²) in [5.41, 5.74) is 0.999. The Hall–Kier alpha value is -0.940. The van der Waals surface area contributed by atoms with Gasteiger partial charge in [0.1, 0.15) is 0 Å². The van der Waals surface area contributed by atoms with Crippen LogP contribution in [-0.2, 0) is 13.1 Å². The summed E-state index contributed by atoms with van der Waals surface area (Å²) in [5.74, 6) is 0. The average Bonchev–Trinajstić information content (AvgIpc) is 2.72. The van der Waals surface area contributed by atoms with Crippen molar-refractivity contribution < 1.29 is 0 Å². The standard InChI is InChI=1S/C12H25N5/c1-5-6-16(11(2)3)7-8-17-10-12(9-13-4)14-15-17/h10-11,13H,5-9H2,1-4H3. The van der Waals surface area contributed by atoms with E-state index in [0.29, 0.717) is 6.04 Å². The molecule has 0 radical (unpaired) electrons. The Morgan fingerprint density at radius 1 is 1.41 bits per heavy atom. The summed E-state index contributed by atoms with van der Waals surface area (Å²) in [6.45, 7) is 10.6. The van der Waals surface area contributed by atoms with Gasteiger partial charge >= 0.3 is 0 Å². The van der Waals surface area contributed by atoms with E-state index in [-0.39, 0.29) is 0 Å². The van der Waals surface area contributed by atoms with Gasteiger partial charge < -0.3 is 5.32 Å². The Morgan fingerprint density at radius 3 is 2.76 bits per heavy atom. The molecule has 1 aromatic rings. The van der Waals surface area contributed by atoms with Gasteiger partial charge in [-0.25, -0.2) is 0 Å². The summed E-state index contributed by atoms with van der Waals surface area (Å²) in [6.07, 6.45) is 3.21. The highest BCUT2D eigenvalue weighted by atomic mass is 15.4. The van der Waals surface area contributed by atoms with Gasteiger partial charge in [0.05, 0.1) is 12.2 Å². The molecule has 5 nitrogen and oxygen atoms in total. The monoisotopic (exact) mass is 239 g/mol. The smallest absolute Gasteiger partial charge is 0.0964 e. The molecule has 0 saturated heterocycles. The molecule has 0 aliphatic rings. The minimum atomic E-state index is 0.593. The zero-order valence-electron chi connectivity index (χ0n) is 11.5. The lowest BCUT2D eigenvalue weighted by molar-refractivity contribution is 0.210. The molecular formula is C12H25N5. The highest BCUT2D eigenvalue weighted by molar-refractivity contribution is 4.91. The van der Waals surface area contributed by atoms with Crippen LogP contribution in [0.3, 0.4) is 0 Å². The van der Waals surface area contributed by atoms with Crippen molar-refractivity contribution >= 4 is 0 Å². The molecule has 0 aromatic carbocycles. The second kappa shape index (κ2) is 7.40.